The summed E-state index contributed by atoms with van der Waals surface area (Å²) >= 11 is 0. The van der Waals surface area contributed by atoms with Crippen LogP contribution in [-0.4, -0.2) is 49.4 Å². The SMILES string of the molecule is CCOCc1c(C(=O)OCC)oc2cccc(OCCCNC(C)(C)CC(=O)OC(C)(C)C)c12. The molecule has 1 N–H and O–H groups in total. The summed E-state index contributed by atoms with van der Waals surface area (Å²) in [5.74, 6) is 0.0225. The molecule has 8 nitrogen and oxygen atoms in total. The van der Waals surface area contributed by atoms with Crippen LogP contribution in [0.25, 0.3) is 11.0 Å². The Morgan fingerprint density at radius 3 is 2.44 bits per heavy atom. The molecule has 190 valence electrons. The summed E-state index contributed by atoms with van der Waals surface area (Å²) in [7, 11) is 0. The van der Waals surface area contributed by atoms with Crippen LogP contribution in [0.3, 0.4) is 0 Å². The second-order valence-corrected chi connectivity index (χ2v) is 9.67. The van der Waals surface area contributed by atoms with E-state index in [0.29, 0.717) is 36.7 Å². The van der Waals surface area contributed by atoms with Crippen LogP contribution in [0.4, 0.5) is 0 Å². The van der Waals surface area contributed by atoms with Crippen LogP contribution in [0.5, 0.6) is 5.75 Å². The van der Waals surface area contributed by atoms with E-state index in [0.717, 1.165) is 11.8 Å². The summed E-state index contributed by atoms with van der Waals surface area (Å²) in [4.78, 5) is 24.5. The quantitative estimate of drug-likeness (QED) is 0.317. The standard InChI is InChI=1S/C26H39NO7/c1-8-30-17-18-22-19(12-10-13-20(22)33-23(18)24(29)31-9-2)32-15-11-14-27-26(6,7)16-21(28)34-25(3,4)5/h10,12-13,27H,8-9,11,14-17H2,1-7H3. The van der Waals surface area contributed by atoms with Crippen molar-refractivity contribution >= 4 is 22.9 Å². The van der Waals surface area contributed by atoms with Crippen molar-refractivity contribution in [3.63, 3.8) is 0 Å². The van der Waals surface area contributed by atoms with Gasteiger partial charge in [-0.15, -0.1) is 0 Å². The molecule has 0 aliphatic rings. The van der Waals surface area contributed by atoms with Crippen LogP contribution >= 0.6 is 0 Å². The van der Waals surface area contributed by atoms with Gasteiger partial charge in [-0.2, -0.15) is 0 Å². The Labute approximate surface area is 202 Å². The fourth-order valence-electron chi connectivity index (χ4n) is 3.48. The zero-order valence-electron chi connectivity index (χ0n) is 21.5. The molecule has 0 bridgehead atoms. The zero-order valence-corrected chi connectivity index (χ0v) is 21.5. The molecule has 0 saturated heterocycles. The molecule has 1 heterocycles. The molecule has 0 atom stereocenters. The molecule has 34 heavy (non-hydrogen) atoms. The molecule has 0 saturated carbocycles. The molecule has 1 aromatic heterocycles. The van der Waals surface area contributed by atoms with Gasteiger partial charge in [0.15, 0.2) is 0 Å². The minimum atomic E-state index is -0.518. The lowest BCUT2D eigenvalue weighted by molar-refractivity contribution is -0.156. The van der Waals surface area contributed by atoms with Crippen molar-refractivity contribution in [3.05, 3.63) is 29.5 Å². The molecular weight excluding hydrogens is 438 g/mol. The normalized spacial score (nSPS) is 12.1. The Hall–Kier alpha value is -2.58. The second-order valence-electron chi connectivity index (χ2n) is 9.67. The first kappa shape index (κ1) is 27.7. The molecule has 0 spiro atoms. The Morgan fingerprint density at radius 1 is 1.06 bits per heavy atom. The van der Waals surface area contributed by atoms with Crippen LogP contribution in [0.2, 0.25) is 0 Å². The number of benzene rings is 1. The van der Waals surface area contributed by atoms with Crippen molar-refractivity contribution < 1.29 is 33.0 Å². The third-order valence-corrected chi connectivity index (χ3v) is 4.88. The highest BCUT2D eigenvalue weighted by Crippen LogP contribution is 2.34. The number of hydrogen-bond donors (Lipinski definition) is 1. The zero-order chi connectivity index (χ0) is 25.4. The molecule has 0 fully saturated rings. The van der Waals surface area contributed by atoms with Crippen molar-refractivity contribution in [2.24, 2.45) is 0 Å². The number of fused-ring (bicyclic) bond motifs is 1. The number of ether oxygens (including phenoxy) is 4. The number of furan rings is 1. The van der Waals surface area contributed by atoms with Crippen LogP contribution in [-0.2, 0) is 25.6 Å². The van der Waals surface area contributed by atoms with Gasteiger partial charge in [0.1, 0.15) is 16.9 Å². The largest absolute Gasteiger partial charge is 0.493 e. The highest BCUT2D eigenvalue weighted by Gasteiger charge is 2.26. The molecular formula is C26H39NO7. The number of nitrogens with one attached hydrogen (secondary N) is 1. The van der Waals surface area contributed by atoms with Crippen molar-refractivity contribution in [2.75, 3.05) is 26.4 Å². The van der Waals surface area contributed by atoms with Crippen LogP contribution in [0.15, 0.2) is 22.6 Å². The fraction of sp³-hybridized carbons (Fsp3) is 0.615. The average Bonchev–Trinajstić information content (AvgIpc) is 3.09. The van der Waals surface area contributed by atoms with Gasteiger partial charge in [-0.1, -0.05) is 6.07 Å². The minimum absolute atomic E-state index is 0.145. The van der Waals surface area contributed by atoms with Crippen LogP contribution < -0.4 is 10.1 Å². The van der Waals surface area contributed by atoms with Gasteiger partial charge in [-0.3, -0.25) is 4.79 Å². The molecule has 2 rings (SSSR count). The van der Waals surface area contributed by atoms with Gasteiger partial charge in [-0.05, 0) is 73.6 Å². The van der Waals surface area contributed by atoms with E-state index in [9.17, 15) is 9.59 Å². The maximum atomic E-state index is 12.4. The van der Waals surface area contributed by atoms with Gasteiger partial charge in [0.05, 0.1) is 31.6 Å². The van der Waals surface area contributed by atoms with E-state index in [1.54, 1.807) is 13.0 Å². The van der Waals surface area contributed by atoms with Gasteiger partial charge in [0.25, 0.3) is 0 Å². The van der Waals surface area contributed by atoms with Crippen molar-refractivity contribution in [3.8, 4) is 5.75 Å². The predicted octanol–water partition coefficient (Wildman–Crippen LogP) is 5.01. The number of hydrogen-bond acceptors (Lipinski definition) is 8. The number of carbonyl (C=O) groups excluding carboxylic acids is 2. The fourth-order valence-corrected chi connectivity index (χ4v) is 3.48. The van der Waals surface area contributed by atoms with E-state index < -0.39 is 17.1 Å². The maximum Gasteiger partial charge on any atom is 0.374 e. The third kappa shape index (κ3) is 8.33. The van der Waals surface area contributed by atoms with Gasteiger partial charge in [-0.25, -0.2) is 4.79 Å². The monoisotopic (exact) mass is 477 g/mol. The van der Waals surface area contributed by atoms with E-state index in [2.05, 4.69) is 5.32 Å². The van der Waals surface area contributed by atoms with Crippen LogP contribution in [0, 0.1) is 0 Å². The first-order chi connectivity index (χ1) is 16.0. The van der Waals surface area contributed by atoms with Crippen molar-refractivity contribution in [2.45, 2.75) is 79.1 Å². The summed E-state index contributed by atoms with van der Waals surface area (Å²) in [5.41, 5.74) is 0.282. The van der Waals surface area contributed by atoms with E-state index in [1.165, 1.54) is 0 Å². The third-order valence-electron chi connectivity index (χ3n) is 4.88. The Bertz CT molecular complexity index is 956. The number of rotatable bonds is 13. The molecule has 0 aliphatic carbocycles. The summed E-state index contributed by atoms with van der Waals surface area (Å²) < 4.78 is 28.0. The van der Waals surface area contributed by atoms with Crippen molar-refractivity contribution in [1.29, 1.82) is 0 Å². The number of esters is 2. The number of carbonyl (C=O) groups is 2. The summed E-state index contributed by atoms with van der Waals surface area (Å²) in [5, 5.41) is 4.11. The predicted molar refractivity (Wildman–Crippen MR) is 130 cm³/mol. The second kappa shape index (κ2) is 12.2. The smallest absolute Gasteiger partial charge is 0.374 e. The Kier molecular flexibility index (Phi) is 9.94. The average molecular weight is 478 g/mol. The topological polar surface area (TPSA) is 96.2 Å². The molecule has 2 aromatic rings. The van der Waals surface area contributed by atoms with Crippen LogP contribution in [0.1, 0.15) is 77.4 Å². The molecule has 0 amide bonds. The maximum absolute atomic E-state index is 12.4. The lowest BCUT2D eigenvalue weighted by Crippen LogP contribution is -2.43. The van der Waals surface area contributed by atoms with E-state index in [-0.39, 0.29) is 31.4 Å². The van der Waals surface area contributed by atoms with Crippen molar-refractivity contribution in [1.82, 2.24) is 5.32 Å². The minimum Gasteiger partial charge on any atom is -0.493 e. The highest BCUT2D eigenvalue weighted by molar-refractivity contribution is 5.98. The Morgan fingerprint density at radius 2 is 1.79 bits per heavy atom. The highest BCUT2D eigenvalue weighted by atomic mass is 16.6. The summed E-state index contributed by atoms with van der Waals surface area (Å²) in [6.45, 7) is 15.3. The van der Waals surface area contributed by atoms with Gasteiger partial charge in [0.2, 0.25) is 5.76 Å². The summed E-state index contributed by atoms with van der Waals surface area (Å²) in [6.07, 6.45) is 0.994. The molecule has 0 aliphatic heterocycles. The first-order valence-corrected chi connectivity index (χ1v) is 11.9. The molecule has 0 unspecified atom stereocenters. The Balaban J connectivity index is 2.01. The van der Waals surface area contributed by atoms with Gasteiger partial charge >= 0.3 is 11.9 Å². The molecule has 0 radical (unpaired) electrons. The lowest BCUT2D eigenvalue weighted by Gasteiger charge is -2.28. The van der Waals surface area contributed by atoms with Gasteiger partial charge in [0, 0.05) is 17.7 Å². The molecule has 8 heteroatoms. The van der Waals surface area contributed by atoms with E-state index in [1.807, 2.05) is 53.7 Å². The van der Waals surface area contributed by atoms with E-state index >= 15 is 0 Å². The first-order valence-electron chi connectivity index (χ1n) is 11.9. The molecule has 1 aromatic carbocycles. The van der Waals surface area contributed by atoms with E-state index in [4.69, 9.17) is 23.4 Å². The summed E-state index contributed by atoms with van der Waals surface area (Å²) in [6, 6.07) is 5.46. The lowest BCUT2D eigenvalue weighted by atomic mass is 10.0. The van der Waals surface area contributed by atoms with Gasteiger partial charge < -0.3 is 28.7 Å².